The van der Waals surface area contributed by atoms with Crippen molar-refractivity contribution in [2.75, 3.05) is 36.9 Å². The van der Waals surface area contributed by atoms with E-state index in [1.54, 1.807) is 32.2 Å². The second-order valence-electron chi connectivity index (χ2n) is 15.1. The second-order valence-corrected chi connectivity index (χ2v) is 15.1. The number of likely N-dealkylation sites (tertiary alicyclic amines) is 1. The van der Waals surface area contributed by atoms with Gasteiger partial charge in [0.25, 0.3) is 0 Å². The predicted molar refractivity (Wildman–Crippen MR) is 202 cm³/mol. The Morgan fingerprint density at radius 2 is 1.73 bits per heavy atom. The minimum atomic E-state index is -4.81. The van der Waals surface area contributed by atoms with E-state index in [1.165, 1.54) is 21.7 Å². The van der Waals surface area contributed by atoms with Crippen LogP contribution in [0.5, 0.6) is 5.88 Å². The van der Waals surface area contributed by atoms with Crippen LogP contribution in [-0.4, -0.2) is 75.2 Å². The first-order valence-electron chi connectivity index (χ1n) is 19.3. The number of esters is 1. The van der Waals surface area contributed by atoms with E-state index in [1.807, 2.05) is 41.3 Å². The van der Waals surface area contributed by atoms with Crippen molar-refractivity contribution in [1.29, 1.82) is 0 Å². The Labute approximate surface area is 324 Å². The van der Waals surface area contributed by atoms with Gasteiger partial charge in [-0.3, -0.25) is 4.90 Å². The SMILES string of the molecule is CCOC(=O)[C@@H]1CC2(CCN(c3cc(O[C@H](c4ccc(C5CCCCC5)cc4-n4ccc(C)n4)C(F)(F)F)nc(N)n3)CC2)CN1C(=O)OCc1ccccc1. The highest BCUT2D eigenvalue weighted by atomic mass is 19.4. The maximum atomic E-state index is 15.0. The predicted octanol–water partition coefficient (Wildman–Crippen LogP) is 7.84. The molecule has 7 rings (SSSR count). The standard InChI is InChI=1S/C41H48F3N7O5/c1-3-54-37(52)33-24-40(26-50(33)39(53)55-25-28-10-6-4-7-11-28)17-20-49(21-18-40)34-23-35(47-38(45)46-34)56-36(41(42,43)44)31-15-14-30(29-12-8-5-9-13-29)22-32(31)51-19-16-27(2)48-51/h4,6-7,10-11,14-16,19,22-23,29,33,36H,3,5,8-9,12-13,17-18,20-21,24-26H2,1-2H3,(H2,45,46,47)/t33-,36+/m0/s1. The molecule has 1 spiro atoms. The first-order chi connectivity index (χ1) is 26.9. The van der Waals surface area contributed by atoms with Crippen LogP contribution in [0.4, 0.5) is 29.7 Å². The number of hydrogen-bond donors (Lipinski definition) is 1. The third-order valence-corrected chi connectivity index (χ3v) is 11.3. The van der Waals surface area contributed by atoms with Crippen LogP contribution in [0.25, 0.3) is 5.69 Å². The Bertz CT molecular complexity index is 1990. The number of nitrogens with zero attached hydrogens (tertiary/aromatic N) is 6. The summed E-state index contributed by atoms with van der Waals surface area (Å²) < 4.78 is 63.3. The molecular weight excluding hydrogens is 727 g/mol. The van der Waals surface area contributed by atoms with Gasteiger partial charge in [0.2, 0.25) is 17.9 Å². The summed E-state index contributed by atoms with van der Waals surface area (Å²) in [6.07, 6.45) is 0.710. The van der Waals surface area contributed by atoms with Gasteiger partial charge < -0.3 is 24.8 Å². The van der Waals surface area contributed by atoms with Gasteiger partial charge in [0.1, 0.15) is 18.5 Å². The molecule has 2 atom stereocenters. The first-order valence-corrected chi connectivity index (χ1v) is 19.3. The number of nitrogen functional groups attached to an aromatic ring is 1. The van der Waals surface area contributed by atoms with Gasteiger partial charge >= 0.3 is 18.2 Å². The number of benzene rings is 2. The molecule has 2 saturated heterocycles. The Balaban J connectivity index is 1.09. The fraction of sp³-hybridized carbons (Fsp3) is 0.488. The molecule has 56 heavy (non-hydrogen) atoms. The average Bonchev–Trinajstić information content (AvgIpc) is 3.80. The number of ether oxygens (including phenoxy) is 3. The Kier molecular flexibility index (Phi) is 11.4. The molecule has 0 bridgehead atoms. The van der Waals surface area contributed by atoms with Crippen LogP contribution in [0.15, 0.2) is 66.9 Å². The molecule has 4 aromatic rings. The molecule has 2 aliphatic heterocycles. The van der Waals surface area contributed by atoms with Crippen LogP contribution in [0.1, 0.15) is 92.7 Å². The molecule has 1 saturated carbocycles. The lowest BCUT2D eigenvalue weighted by Gasteiger charge is -2.39. The largest absolute Gasteiger partial charge is 0.464 e. The van der Waals surface area contributed by atoms with Gasteiger partial charge in [0, 0.05) is 37.5 Å². The van der Waals surface area contributed by atoms with Crippen molar-refractivity contribution >= 4 is 23.8 Å². The summed E-state index contributed by atoms with van der Waals surface area (Å²) in [5.74, 6) is -0.446. The maximum Gasteiger partial charge on any atom is 0.429 e. The van der Waals surface area contributed by atoms with E-state index in [2.05, 4.69) is 15.1 Å². The smallest absolute Gasteiger partial charge is 0.429 e. The van der Waals surface area contributed by atoms with Crippen molar-refractivity contribution in [1.82, 2.24) is 24.6 Å². The van der Waals surface area contributed by atoms with E-state index in [0.29, 0.717) is 56.1 Å². The van der Waals surface area contributed by atoms with Crippen LogP contribution in [-0.2, 0) is 20.9 Å². The molecule has 2 aromatic heterocycles. The summed E-state index contributed by atoms with van der Waals surface area (Å²) in [5, 5.41) is 4.47. The van der Waals surface area contributed by atoms with Crippen LogP contribution in [0.3, 0.4) is 0 Å². The molecule has 1 amide bonds. The first kappa shape index (κ1) is 38.9. The van der Waals surface area contributed by atoms with E-state index in [4.69, 9.17) is 19.9 Å². The quantitative estimate of drug-likeness (QED) is 0.159. The number of amides is 1. The highest BCUT2D eigenvalue weighted by molar-refractivity contribution is 5.82. The van der Waals surface area contributed by atoms with Crippen LogP contribution in [0.2, 0.25) is 0 Å². The highest BCUT2D eigenvalue weighted by Gasteiger charge is 2.51. The second kappa shape index (κ2) is 16.4. The van der Waals surface area contributed by atoms with Crippen molar-refractivity contribution in [3.63, 3.8) is 0 Å². The molecule has 298 valence electrons. The number of aromatic nitrogens is 4. The van der Waals surface area contributed by atoms with E-state index in [9.17, 15) is 9.59 Å². The summed E-state index contributed by atoms with van der Waals surface area (Å²) in [7, 11) is 0. The van der Waals surface area contributed by atoms with E-state index >= 15 is 13.2 Å². The molecule has 2 N–H and O–H groups in total. The topological polar surface area (TPSA) is 138 Å². The lowest BCUT2D eigenvalue weighted by molar-refractivity contribution is -0.198. The maximum absolute atomic E-state index is 15.0. The highest BCUT2D eigenvalue weighted by Crippen LogP contribution is 2.46. The monoisotopic (exact) mass is 775 g/mol. The van der Waals surface area contributed by atoms with Crippen molar-refractivity contribution in [3.8, 4) is 11.6 Å². The van der Waals surface area contributed by atoms with Gasteiger partial charge in [-0.25, -0.2) is 14.3 Å². The molecule has 3 aliphatic rings. The van der Waals surface area contributed by atoms with Gasteiger partial charge in [0.15, 0.2) is 0 Å². The summed E-state index contributed by atoms with van der Waals surface area (Å²) in [4.78, 5) is 38.2. The number of carbonyl (C=O) groups is 2. The molecular formula is C41H48F3N7O5. The van der Waals surface area contributed by atoms with Crippen molar-refractivity contribution in [2.45, 2.75) is 96.1 Å². The number of carbonyl (C=O) groups excluding carboxylic acids is 2. The van der Waals surface area contributed by atoms with Gasteiger partial charge in [-0.15, -0.1) is 0 Å². The summed E-state index contributed by atoms with van der Waals surface area (Å²) in [6, 6.07) is 16.7. The molecule has 0 unspecified atom stereocenters. The number of rotatable bonds is 10. The molecule has 2 aromatic carbocycles. The third kappa shape index (κ3) is 8.71. The lowest BCUT2D eigenvalue weighted by Crippen LogP contribution is -2.43. The summed E-state index contributed by atoms with van der Waals surface area (Å²) >= 11 is 0. The van der Waals surface area contributed by atoms with Gasteiger partial charge in [-0.05, 0) is 80.5 Å². The fourth-order valence-electron chi connectivity index (χ4n) is 8.37. The third-order valence-electron chi connectivity index (χ3n) is 11.3. The van der Waals surface area contributed by atoms with Crippen molar-refractivity contribution < 1.29 is 37.0 Å². The normalized spacial score (nSPS) is 19.2. The number of anilines is 2. The zero-order chi connectivity index (χ0) is 39.5. The van der Waals surface area contributed by atoms with E-state index in [0.717, 1.165) is 43.2 Å². The summed E-state index contributed by atoms with van der Waals surface area (Å²) in [6.45, 7) is 4.91. The Hall–Kier alpha value is -5.34. The molecule has 12 nitrogen and oxygen atoms in total. The molecule has 15 heteroatoms. The number of alkyl halides is 3. The van der Waals surface area contributed by atoms with Gasteiger partial charge in [0.05, 0.1) is 18.0 Å². The zero-order valence-corrected chi connectivity index (χ0v) is 31.7. The number of hydrogen-bond acceptors (Lipinski definition) is 10. The average molecular weight is 776 g/mol. The van der Waals surface area contributed by atoms with Crippen LogP contribution < -0.4 is 15.4 Å². The Morgan fingerprint density at radius 3 is 2.41 bits per heavy atom. The number of halogens is 3. The summed E-state index contributed by atoms with van der Waals surface area (Å²) in [5.41, 5.74) is 8.37. The van der Waals surface area contributed by atoms with Gasteiger partial charge in [-0.2, -0.15) is 28.2 Å². The Morgan fingerprint density at radius 1 is 0.982 bits per heavy atom. The molecule has 3 fully saturated rings. The lowest BCUT2D eigenvalue weighted by atomic mass is 9.76. The number of aryl methyl sites for hydroxylation is 1. The molecule has 4 heterocycles. The van der Waals surface area contributed by atoms with Crippen LogP contribution in [0, 0.1) is 12.3 Å². The fourth-order valence-corrected chi connectivity index (χ4v) is 8.37. The van der Waals surface area contributed by atoms with Gasteiger partial charge in [-0.1, -0.05) is 61.7 Å². The van der Waals surface area contributed by atoms with Crippen molar-refractivity contribution in [2.24, 2.45) is 5.41 Å². The minimum Gasteiger partial charge on any atom is -0.464 e. The van der Waals surface area contributed by atoms with Crippen LogP contribution >= 0.6 is 0 Å². The van der Waals surface area contributed by atoms with E-state index < -0.39 is 35.8 Å². The molecule has 0 radical (unpaired) electrons. The molecule has 1 aliphatic carbocycles. The number of piperidine rings is 1. The van der Waals surface area contributed by atoms with E-state index in [-0.39, 0.29) is 36.5 Å². The van der Waals surface area contributed by atoms with Crippen molar-refractivity contribution in [3.05, 3.63) is 89.2 Å². The zero-order valence-electron chi connectivity index (χ0n) is 31.7. The number of nitrogens with two attached hydrogens (primary N) is 1. The minimum absolute atomic E-state index is 0.0667.